The number of fused-ring (bicyclic) bond motifs is 1. The number of hydrogen-bond donors (Lipinski definition) is 2. The molecule has 1 fully saturated rings. The molecule has 0 bridgehead atoms. The van der Waals surface area contributed by atoms with Crippen molar-refractivity contribution in [2.75, 3.05) is 25.3 Å². The van der Waals surface area contributed by atoms with Gasteiger partial charge in [0.2, 0.25) is 22.7 Å². The lowest BCUT2D eigenvalue weighted by molar-refractivity contribution is -0.116. The number of amides is 1. The molecule has 1 unspecified atom stereocenters. The first-order valence-electron chi connectivity index (χ1n) is 12.8. The van der Waals surface area contributed by atoms with Crippen LogP contribution in [-0.4, -0.2) is 45.4 Å². The Labute approximate surface area is 222 Å². The standard InChI is InChI=1S/C28H31N3O6S/c32-28(9-2-1-5-20-10-15-25-26(17-20)37-19-36-25)31-27-8-3-7-24(30-27)21-11-13-23(14-12-21)38(33,34)29-18-22-6-4-16-35-22/h3,7-8,10-15,17,22,29H,1-2,4-6,9,16,18-19H2,(H,30,31,32). The average molecular weight is 538 g/mol. The number of carbonyl (C=O) groups excluding carboxylic acids is 1. The number of benzene rings is 2. The molecule has 1 amide bonds. The van der Waals surface area contributed by atoms with Crippen LogP contribution in [0.25, 0.3) is 11.3 Å². The molecule has 10 heteroatoms. The van der Waals surface area contributed by atoms with Crippen molar-refractivity contribution in [3.05, 3.63) is 66.2 Å². The van der Waals surface area contributed by atoms with Gasteiger partial charge in [0.15, 0.2) is 11.5 Å². The van der Waals surface area contributed by atoms with Crippen LogP contribution in [-0.2, 0) is 26.0 Å². The van der Waals surface area contributed by atoms with Gasteiger partial charge >= 0.3 is 0 Å². The van der Waals surface area contributed by atoms with Crippen molar-refractivity contribution in [3.8, 4) is 22.8 Å². The lowest BCUT2D eigenvalue weighted by Crippen LogP contribution is -2.31. The van der Waals surface area contributed by atoms with Crippen molar-refractivity contribution in [2.45, 2.75) is 49.5 Å². The second kappa shape index (κ2) is 11.9. The molecule has 2 aliphatic rings. The highest BCUT2D eigenvalue weighted by Gasteiger charge is 2.20. The molecule has 1 atom stereocenters. The SMILES string of the molecule is O=C(CCCCc1ccc2c(c1)OCO2)Nc1cccc(-c2ccc(S(=O)(=O)NCC3CCCO3)cc2)n1. The fourth-order valence-corrected chi connectivity index (χ4v) is 5.54. The van der Waals surface area contributed by atoms with Crippen LogP contribution in [0, 0.1) is 0 Å². The monoisotopic (exact) mass is 537 g/mol. The van der Waals surface area contributed by atoms with E-state index < -0.39 is 10.0 Å². The lowest BCUT2D eigenvalue weighted by atomic mass is 10.1. The second-order valence-corrected chi connectivity index (χ2v) is 11.1. The zero-order valence-electron chi connectivity index (χ0n) is 21.0. The number of anilines is 1. The molecule has 5 rings (SSSR count). The minimum absolute atomic E-state index is 0.0683. The topological polar surface area (TPSA) is 116 Å². The van der Waals surface area contributed by atoms with Gasteiger partial charge in [-0.3, -0.25) is 4.79 Å². The summed E-state index contributed by atoms with van der Waals surface area (Å²) in [5.74, 6) is 1.90. The third-order valence-corrected chi connectivity index (χ3v) is 8.00. The van der Waals surface area contributed by atoms with E-state index >= 15 is 0 Å². The quantitative estimate of drug-likeness (QED) is 0.351. The Balaban J connectivity index is 1.10. The van der Waals surface area contributed by atoms with Crippen LogP contribution in [0.2, 0.25) is 0 Å². The number of rotatable bonds is 11. The number of nitrogens with zero attached hydrogens (tertiary/aromatic N) is 1. The molecule has 2 aliphatic heterocycles. The van der Waals surface area contributed by atoms with Crippen molar-refractivity contribution < 1.29 is 27.4 Å². The number of carbonyl (C=O) groups is 1. The Bertz CT molecular complexity index is 1370. The van der Waals surface area contributed by atoms with Crippen LogP contribution in [0.4, 0.5) is 5.82 Å². The zero-order chi connectivity index (χ0) is 26.4. The maximum Gasteiger partial charge on any atom is 0.240 e. The molecular weight excluding hydrogens is 506 g/mol. The second-order valence-electron chi connectivity index (χ2n) is 9.36. The Morgan fingerprint density at radius 1 is 1.00 bits per heavy atom. The number of aryl methyl sites for hydroxylation is 1. The summed E-state index contributed by atoms with van der Waals surface area (Å²) in [5, 5.41) is 2.86. The Kier molecular flexibility index (Phi) is 8.21. The van der Waals surface area contributed by atoms with Gasteiger partial charge in [-0.15, -0.1) is 0 Å². The van der Waals surface area contributed by atoms with Crippen molar-refractivity contribution in [1.82, 2.24) is 9.71 Å². The minimum atomic E-state index is -3.62. The Morgan fingerprint density at radius 3 is 2.66 bits per heavy atom. The molecule has 2 N–H and O–H groups in total. The predicted octanol–water partition coefficient (Wildman–Crippen LogP) is 4.29. The van der Waals surface area contributed by atoms with Crippen LogP contribution in [0.1, 0.15) is 37.7 Å². The number of nitrogens with one attached hydrogen (secondary N) is 2. The van der Waals surface area contributed by atoms with Gasteiger partial charge in [0.05, 0.1) is 16.7 Å². The zero-order valence-corrected chi connectivity index (χ0v) is 21.8. The van der Waals surface area contributed by atoms with Crippen LogP contribution in [0.3, 0.4) is 0 Å². The van der Waals surface area contributed by atoms with E-state index in [9.17, 15) is 13.2 Å². The molecule has 0 radical (unpaired) electrons. The number of sulfonamides is 1. The maximum absolute atomic E-state index is 12.6. The summed E-state index contributed by atoms with van der Waals surface area (Å²) in [6.07, 6.45) is 4.61. The van der Waals surface area contributed by atoms with Crippen LogP contribution in [0.15, 0.2) is 65.6 Å². The smallest absolute Gasteiger partial charge is 0.240 e. The van der Waals surface area contributed by atoms with E-state index in [4.69, 9.17) is 14.2 Å². The third-order valence-electron chi connectivity index (χ3n) is 6.56. The number of hydrogen-bond acceptors (Lipinski definition) is 7. The number of unbranched alkanes of at least 4 members (excludes halogenated alkanes) is 1. The molecular formula is C28H31N3O6S. The van der Waals surface area contributed by atoms with Crippen molar-refractivity contribution in [2.24, 2.45) is 0 Å². The summed E-state index contributed by atoms with van der Waals surface area (Å²) in [6.45, 7) is 1.21. The van der Waals surface area contributed by atoms with E-state index in [1.807, 2.05) is 30.3 Å². The Hall–Kier alpha value is -3.47. The summed E-state index contributed by atoms with van der Waals surface area (Å²) in [4.78, 5) is 17.2. The molecule has 1 saturated heterocycles. The van der Waals surface area contributed by atoms with E-state index in [0.717, 1.165) is 54.7 Å². The largest absolute Gasteiger partial charge is 0.454 e. The lowest BCUT2D eigenvalue weighted by Gasteiger charge is -2.12. The summed E-state index contributed by atoms with van der Waals surface area (Å²) < 4.78 is 44.1. The summed E-state index contributed by atoms with van der Waals surface area (Å²) in [5.41, 5.74) is 2.55. The molecule has 0 aliphatic carbocycles. The van der Waals surface area contributed by atoms with Gasteiger partial charge in [0.25, 0.3) is 0 Å². The fraction of sp³-hybridized carbons (Fsp3) is 0.357. The molecule has 9 nitrogen and oxygen atoms in total. The Morgan fingerprint density at radius 2 is 1.84 bits per heavy atom. The van der Waals surface area contributed by atoms with Crippen molar-refractivity contribution in [1.29, 1.82) is 0 Å². The van der Waals surface area contributed by atoms with Crippen molar-refractivity contribution in [3.63, 3.8) is 0 Å². The van der Waals surface area contributed by atoms with Gasteiger partial charge in [-0.2, -0.15) is 0 Å². The van der Waals surface area contributed by atoms with Crippen LogP contribution >= 0.6 is 0 Å². The van der Waals surface area contributed by atoms with Gasteiger partial charge < -0.3 is 19.5 Å². The average Bonchev–Trinajstić information content (AvgIpc) is 3.62. The van der Waals surface area contributed by atoms with Crippen LogP contribution < -0.4 is 19.5 Å². The van der Waals surface area contributed by atoms with E-state index in [2.05, 4.69) is 15.0 Å². The van der Waals surface area contributed by atoms with E-state index in [-0.39, 0.29) is 30.2 Å². The summed E-state index contributed by atoms with van der Waals surface area (Å²) in [7, 11) is -3.62. The number of aromatic nitrogens is 1. The molecule has 2 aromatic carbocycles. The maximum atomic E-state index is 12.6. The molecule has 3 heterocycles. The normalized spacial score (nSPS) is 16.5. The number of pyridine rings is 1. The first kappa shape index (κ1) is 26.1. The van der Waals surface area contributed by atoms with E-state index in [1.54, 1.807) is 30.3 Å². The summed E-state index contributed by atoms with van der Waals surface area (Å²) in [6, 6.07) is 17.8. The molecule has 0 spiro atoms. The number of ether oxygens (including phenoxy) is 3. The fourth-order valence-electron chi connectivity index (χ4n) is 4.48. The molecule has 3 aromatic rings. The van der Waals surface area contributed by atoms with Crippen molar-refractivity contribution >= 4 is 21.7 Å². The van der Waals surface area contributed by atoms with Gasteiger partial charge in [0.1, 0.15) is 5.82 Å². The predicted molar refractivity (Wildman–Crippen MR) is 143 cm³/mol. The van der Waals surface area contributed by atoms with Crippen LogP contribution in [0.5, 0.6) is 11.5 Å². The molecule has 38 heavy (non-hydrogen) atoms. The highest BCUT2D eigenvalue weighted by Crippen LogP contribution is 2.33. The highest BCUT2D eigenvalue weighted by molar-refractivity contribution is 7.89. The first-order valence-corrected chi connectivity index (χ1v) is 14.3. The summed E-state index contributed by atoms with van der Waals surface area (Å²) >= 11 is 0. The highest BCUT2D eigenvalue weighted by atomic mass is 32.2. The van der Waals surface area contributed by atoms with Gasteiger partial charge in [0, 0.05) is 25.1 Å². The van der Waals surface area contributed by atoms with E-state index in [1.165, 1.54) is 0 Å². The minimum Gasteiger partial charge on any atom is -0.454 e. The van der Waals surface area contributed by atoms with Gasteiger partial charge in [-0.05, 0) is 74.1 Å². The molecule has 0 saturated carbocycles. The molecule has 1 aromatic heterocycles. The van der Waals surface area contributed by atoms with Gasteiger partial charge in [-0.1, -0.05) is 24.3 Å². The molecule has 200 valence electrons. The van der Waals surface area contributed by atoms with Gasteiger partial charge in [-0.25, -0.2) is 18.1 Å². The third kappa shape index (κ3) is 6.69. The van der Waals surface area contributed by atoms with E-state index in [0.29, 0.717) is 24.5 Å². The first-order chi connectivity index (χ1) is 18.5.